The molecule has 2 heterocycles. The van der Waals surface area contributed by atoms with E-state index in [4.69, 9.17) is 4.74 Å². The number of aryl methyl sites for hydroxylation is 1. The van der Waals surface area contributed by atoms with Crippen molar-refractivity contribution in [1.82, 2.24) is 24.9 Å². The Morgan fingerprint density at radius 3 is 2.74 bits per heavy atom. The summed E-state index contributed by atoms with van der Waals surface area (Å²) < 4.78 is 7.56. The average molecular weight is 323 g/mol. The zero-order valence-corrected chi connectivity index (χ0v) is 14.7. The number of urea groups is 1. The summed E-state index contributed by atoms with van der Waals surface area (Å²) in [5.74, 6) is 0. The first-order valence-electron chi connectivity index (χ1n) is 8.29. The van der Waals surface area contributed by atoms with Crippen LogP contribution in [-0.2, 0) is 18.2 Å². The molecule has 1 fully saturated rings. The molecule has 2 rings (SSSR count). The van der Waals surface area contributed by atoms with E-state index in [1.165, 1.54) is 0 Å². The summed E-state index contributed by atoms with van der Waals surface area (Å²) in [4.78, 5) is 16.2. The van der Waals surface area contributed by atoms with E-state index in [9.17, 15) is 4.79 Å². The van der Waals surface area contributed by atoms with Gasteiger partial charge >= 0.3 is 6.03 Å². The maximum Gasteiger partial charge on any atom is 0.317 e. The molecule has 7 heteroatoms. The second-order valence-electron chi connectivity index (χ2n) is 6.37. The molecule has 1 aliphatic heterocycles. The molecular formula is C16H29N5O2. The second-order valence-corrected chi connectivity index (χ2v) is 6.37. The van der Waals surface area contributed by atoms with Gasteiger partial charge in [0.05, 0.1) is 12.2 Å². The Morgan fingerprint density at radius 2 is 2.13 bits per heavy atom. The standard InChI is InChI=1S/C16H29N5O2/c1-13-11-21(12-14(2)23-13)10-9-19(3)16(22)17-7-5-15-6-8-18-20(15)4/h6,8,13-14H,5,7,9-12H2,1-4H3,(H,17,22)/t13-,14+. The molecule has 2 amide bonds. The molecule has 0 radical (unpaired) electrons. The first-order chi connectivity index (χ1) is 11.0. The van der Waals surface area contributed by atoms with Crippen molar-refractivity contribution in [3.05, 3.63) is 18.0 Å². The fourth-order valence-corrected chi connectivity index (χ4v) is 2.94. The van der Waals surface area contributed by atoms with Gasteiger partial charge < -0.3 is 15.0 Å². The van der Waals surface area contributed by atoms with E-state index in [2.05, 4.69) is 29.2 Å². The van der Waals surface area contributed by atoms with Crippen LogP contribution in [0.15, 0.2) is 12.3 Å². The van der Waals surface area contributed by atoms with Crippen LogP contribution in [0.4, 0.5) is 4.79 Å². The normalized spacial score (nSPS) is 22.1. The molecule has 1 aromatic heterocycles. The zero-order valence-electron chi connectivity index (χ0n) is 14.7. The van der Waals surface area contributed by atoms with Gasteiger partial charge in [-0.3, -0.25) is 9.58 Å². The minimum atomic E-state index is -0.0264. The van der Waals surface area contributed by atoms with Gasteiger partial charge in [-0.2, -0.15) is 5.10 Å². The van der Waals surface area contributed by atoms with E-state index in [0.717, 1.165) is 38.3 Å². The Balaban J connectivity index is 1.65. The molecule has 1 aromatic rings. The van der Waals surface area contributed by atoms with Crippen LogP contribution in [0.3, 0.4) is 0 Å². The molecule has 23 heavy (non-hydrogen) atoms. The third-order valence-corrected chi connectivity index (χ3v) is 4.17. The van der Waals surface area contributed by atoms with Gasteiger partial charge in [0.25, 0.3) is 0 Å². The van der Waals surface area contributed by atoms with E-state index in [-0.39, 0.29) is 18.2 Å². The topological polar surface area (TPSA) is 62.6 Å². The first kappa shape index (κ1) is 17.7. The predicted molar refractivity (Wildman–Crippen MR) is 89.4 cm³/mol. The number of carbonyl (C=O) groups is 1. The molecule has 0 bridgehead atoms. The molecule has 0 aliphatic carbocycles. The highest BCUT2D eigenvalue weighted by Gasteiger charge is 2.22. The number of carbonyl (C=O) groups excluding carboxylic acids is 1. The molecule has 2 atom stereocenters. The Hall–Kier alpha value is -1.60. The minimum absolute atomic E-state index is 0.0264. The van der Waals surface area contributed by atoms with Crippen LogP contribution < -0.4 is 5.32 Å². The number of hydrogen-bond donors (Lipinski definition) is 1. The van der Waals surface area contributed by atoms with Crippen molar-refractivity contribution in [2.24, 2.45) is 7.05 Å². The lowest BCUT2D eigenvalue weighted by Crippen LogP contribution is -2.49. The summed E-state index contributed by atoms with van der Waals surface area (Å²) in [5, 5.41) is 7.08. The fraction of sp³-hybridized carbons (Fsp3) is 0.750. The monoisotopic (exact) mass is 323 g/mol. The lowest BCUT2D eigenvalue weighted by molar-refractivity contribution is -0.0684. The van der Waals surface area contributed by atoms with Gasteiger partial charge in [0.15, 0.2) is 0 Å². The van der Waals surface area contributed by atoms with E-state index < -0.39 is 0 Å². The smallest absolute Gasteiger partial charge is 0.317 e. The second kappa shape index (κ2) is 8.31. The minimum Gasteiger partial charge on any atom is -0.373 e. The van der Waals surface area contributed by atoms with Gasteiger partial charge in [-0.05, 0) is 19.9 Å². The van der Waals surface area contributed by atoms with E-state index in [0.29, 0.717) is 6.54 Å². The highest BCUT2D eigenvalue weighted by Crippen LogP contribution is 2.10. The molecule has 1 aliphatic rings. The van der Waals surface area contributed by atoms with Crippen molar-refractivity contribution >= 4 is 6.03 Å². The maximum absolute atomic E-state index is 12.1. The first-order valence-corrected chi connectivity index (χ1v) is 8.29. The Kier molecular flexibility index (Phi) is 6.41. The molecule has 7 nitrogen and oxygen atoms in total. The van der Waals surface area contributed by atoms with Crippen molar-refractivity contribution in [1.29, 1.82) is 0 Å². The zero-order chi connectivity index (χ0) is 16.8. The fourth-order valence-electron chi connectivity index (χ4n) is 2.94. The molecule has 1 saturated heterocycles. The summed E-state index contributed by atoms with van der Waals surface area (Å²) in [6.45, 7) is 8.27. The number of amides is 2. The van der Waals surface area contributed by atoms with E-state index >= 15 is 0 Å². The van der Waals surface area contributed by atoms with E-state index in [1.54, 1.807) is 11.1 Å². The Bertz CT molecular complexity index is 494. The molecule has 0 saturated carbocycles. The third kappa shape index (κ3) is 5.51. The quantitative estimate of drug-likeness (QED) is 0.838. The number of hydrogen-bond acceptors (Lipinski definition) is 4. The highest BCUT2D eigenvalue weighted by atomic mass is 16.5. The largest absolute Gasteiger partial charge is 0.373 e. The van der Waals surface area contributed by atoms with Crippen LogP contribution in [0.25, 0.3) is 0 Å². The number of nitrogens with one attached hydrogen (secondary N) is 1. The van der Waals surface area contributed by atoms with Crippen molar-refractivity contribution < 1.29 is 9.53 Å². The van der Waals surface area contributed by atoms with Gasteiger partial charge in [0.2, 0.25) is 0 Å². The molecular weight excluding hydrogens is 294 g/mol. The van der Waals surface area contributed by atoms with Crippen LogP contribution >= 0.6 is 0 Å². The number of aromatic nitrogens is 2. The maximum atomic E-state index is 12.1. The van der Waals surface area contributed by atoms with Crippen LogP contribution in [0, 0.1) is 0 Å². The predicted octanol–water partition coefficient (Wildman–Crippen LogP) is 0.713. The van der Waals surface area contributed by atoms with Crippen LogP contribution in [0.2, 0.25) is 0 Å². The van der Waals surface area contributed by atoms with Crippen molar-refractivity contribution in [3.8, 4) is 0 Å². The summed E-state index contributed by atoms with van der Waals surface area (Å²) in [7, 11) is 3.75. The Labute approximate surface area is 138 Å². The number of likely N-dealkylation sites (N-methyl/N-ethyl adjacent to an activating group) is 1. The molecule has 0 spiro atoms. The molecule has 130 valence electrons. The van der Waals surface area contributed by atoms with E-state index in [1.807, 2.05) is 24.8 Å². The van der Waals surface area contributed by atoms with Gasteiger partial charge in [0.1, 0.15) is 0 Å². The van der Waals surface area contributed by atoms with Gasteiger partial charge in [0, 0.05) is 65.1 Å². The summed E-state index contributed by atoms with van der Waals surface area (Å²) in [6.07, 6.45) is 3.08. The number of morpholine rings is 1. The van der Waals surface area contributed by atoms with Gasteiger partial charge in [-0.1, -0.05) is 0 Å². The number of ether oxygens (including phenoxy) is 1. The number of rotatable bonds is 6. The van der Waals surface area contributed by atoms with Crippen LogP contribution in [0.1, 0.15) is 19.5 Å². The lowest BCUT2D eigenvalue weighted by atomic mass is 10.2. The Morgan fingerprint density at radius 1 is 1.43 bits per heavy atom. The van der Waals surface area contributed by atoms with Crippen molar-refractivity contribution in [2.45, 2.75) is 32.5 Å². The van der Waals surface area contributed by atoms with Crippen LogP contribution in [-0.4, -0.2) is 77.6 Å². The van der Waals surface area contributed by atoms with Crippen LogP contribution in [0.5, 0.6) is 0 Å². The van der Waals surface area contributed by atoms with Crippen molar-refractivity contribution in [2.75, 3.05) is 39.8 Å². The molecule has 0 aromatic carbocycles. The number of nitrogens with zero attached hydrogens (tertiary/aromatic N) is 4. The third-order valence-electron chi connectivity index (χ3n) is 4.17. The average Bonchev–Trinajstić information content (AvgIpc) is 2.89. The van der Waals surface area contributed by atoms with Gasteiger partial charge in [-0.15, -0.1) is 0 Å². The summed E-state index contributed by atoms with van der Waals surface area (Å²) in [5.41, 5.74) is 1.12. The summed E-state index contributed by atoms with van der Waals surface area (Å²) in [6, 6.07) is 1.94. The SMILES string of the molecule is C[C@@H]1CN(CCN(C)C(=O)NCCc2ccnn2C)C[C@H](C)O1. The summed E-state index contributed by atoms with van der Waals surface area (Å²) >= 11 is 0. The lowest BCUT2D eigenvalue weighted by Gasteiger charge is -2.36. The highest BCUT2D eigenvalue weighted by molar-refractivity contribution is 5.73. The van der Waals surface area contributed by atoms with Crippen molar-refractivity contribution in [3.63, 3.8) is 0 Å². The van der Waals surface area contributed by atoms with Gasteiger partial charge in [-0.25, -0.2) is 4.79 Å². The molecule has 1 N–H and O–H groups in total. The molecule has 0 unspecified atom stereocenters.